The highest BCUT2D eigenvalue weighted by molar-refractivity contribution is 5.39. The van der Waals surface area contributed by atoms with Crippen LogP contribution in [0.15, 0.2) is 12.1 Å². The number of hydrogen-bond acceptors (Lipinski definition) is 3. The van der Waals surface area contributed by atoms with Gasteiger partial charge in [0.2, 0.25) is 0 Å². The highest BCUT2D eigenvalue weighted by Gasteiger charge is 2.02. The maximum absolute atomic E-state index is 4.54. The van der Waals surface area contributed by atoms with Gasteiger partial charge in [-0.05, 0) is 31.5 Å². The Morgan fingerprint density at radius 3 is 2.60 bits per heavy atom. The Labute approximate surface area is 92.5 Å². The maximum atomic E-state index is 4.54. The standard InChI is InChI=1S/C12H21N3/c1-5-8-13-9-11-6-7-12(15(3)4)14-10(11)2/h6-7,13H,5,8-9H2,1-4H3. The minimum absolute atomic E-state index is 0.917. The van der Waals surface area contributed by atoms with Crippen LogP contribution in [-0.2, 0) is 6.54 Å². The van der Waals surface area contributed by atoms with Crippen molar-refractivity contribution in [2.24, 2.45) is 0 Å². The Hall–Kier alpha value is -1.09. The molecular formula is C12H21N3. The van der Waals surface area contributed by atoms with Gasteiger partial charge in [0.1, 0.15) is 5.82 Å². The molecule has 0 radical (unpaired) electrons. The third kappa shape index (κ3) is 3.51. The summed E-state index contributed by atoms with van der Waals surface area (Å²) < 4.78 is 0. The number of hydrogen-bond donors (Lipinski definition) is 1. The number of nitrogens with zero attached hydrogens (tertiary/aromatic N) is 2. The summed E-state index contributed by atoms with van der Waals surface area (Å²) in [6.45, 7) is 6.22. The zero-order chi connectivity index (χ0) is 11.3. The van der Waals surface area contributed by atoms with E-state index in [1.165, 1.54) is 12.0 Å². The van der Waals surface area contributed by atoms with Crippen LogP contribution in [0.3, 0.4) is 0 Å². The highest BCUT2D eigenvalue weighted by Crippen LogP contribution is 2.12. The molecular weight excluding hydrogens is 186 g/mol. The van der Waals surface area contributed by atoms with Gasteiger partial charge in [0.15, 0.2) is 0 Å². The topological polar surface area (TPSA) is 28.2 Å². The summed E-state index contributed by atoms with van der Waals surface area (Å²) in [5.41, 5.74) is 2.40. The largest absolute Gasteiger partial charge is 0.363 e. The molecule has 0 saturated carbocycles. The quantitative estimate of drug-likeness (QED) is 0.748. The van der Waals surface area contributed by atoms with Crippen LogP contribution in [0.1, 0.15) is 24.6 Å². The molecule has 0 atom stereocenters. The van der Waals surface area contributed by atoms with Crippen LogP contribution in [-0.4, -0.2) is 25.6 Å². The first kappa shape index (κ1) is 12.0. The van der Waals surface area contributed by atoms with Gasteiger partial charge in [-0.25, -0.2) is 4.98 Å². The number of aryl methyl sites for hydroxylation is 1. The molecule has 1 aromatic heterocycles. The van der Waals surface area contributed by atoms with E-state index in [-0.39, 0.29) is 0 Å². The van der Waals surface area contributed by atoms with Crippen molar-refractivity contribution in [1.82, 2.24) is 10.3 Å². The number of aromatic nitrogens is 1. The van der Waals surface area contributed by atoms with Crippen LogP contribution in [0.25, 0.3) is 0 Å². The third-order valence-corrected chi connectivity index (χ3v) is 2.38. The molecule has 84 valence electrons. The fraction of sp³-hybridized carbons (Fsp3) is 0.583. The molecule has 0 aliphatic heterocycles. The molecule has 0 saturated heterocycles. The van der Waals surface area contributed by atoms with Gasteiger partial charge in [-0.1, -0.05) is 13.0 Å². The molecule has 3 heteroatoms. The second kappa shape index (κ2) is 5.71. The number of anilines is 1. The minimum atomic E-state index is 0.917. The summed E-state index contributed by atoms with van der Waals surface area (Å²) in [7, 11) is 4.02. The van der Waals surface area contributed by atoms with Gasteiger partial charge < -0.3 is 10.2 Å². The normalized spacial score (nSPS) is 10.4. The Morgan fingerprint density at radius 1 is 1.33 bits per heavy atom. The van der Waals surface area contributed by atoms with Gasteiger partial charge in [-0.2, -0.15) is 0 Å². The second-order valence-corrected chi connectivity index (χ2v) is 3.99. The van der Waals surface area contributed by atoms with Crippen molar-refractivity contribution in [3.63, 3.8) is 0 Å². The van der Waals surface area contributed by atoms with Crippen LogP contribution in [0.5, 0.6) is 0 Å². The summed E-state index contributed by atoms with van der Waals surface area (Å²) in [5.74, 6) is 1.02. The Morgan fingerprint density at radius 2 is 2.07 bits per heavy atom. The molecule has 0 amide bonds. The van der Waals surface area contributed by atoms with Crippen molar-refractivity contribution in [1.29, 1.82) is 0 Å². The predicted octanol–water partition coefficient (Wildman–Crippen LogP) is 1.96. The first-order valence-electron chi connectivity index (χ1n) is 5.49. The zero-order valence-corrected chi connectivity index (χ0v) is 10.2. The third-order valence-electron chi connectivity index (χ3n) is 2.38. The SMILES string of the molecule is CCCNCc1ccc(N(C)C)nc1C. The molecule has 1 aromatic rings. The van der Waals surface area contributed by atoms with Gasteiger partial charge >= 0.3 is 0 Å². The number of rotatable bonds is 5. The van der Waals surface area contributed by atoms with E-state index in [4.69, 9.17) is 0 Å². The smallest absolute Gasteiger partial charge is 0.128 e. The zero-order valence-electron chi connectivity index (χ0n) is 10.2. The maximum Gasteiger partial charge on any atom is 0.128 e. The lowest BCUT2D eigenvalue weighted by Gasteiger charge is -2.14. The lowest BCUT2D eigenvalue weighted by Crippen LogP contribution is -2.16. The van der Waals surface area contributed by atoms with Crippen molar-refractivity contribution >= 4 is 5.82 Å². The van der Waals surface area contributed by atoms with E-state index in [0.717, 1.165) is 24.6 Å². The van der Waals surface area contributed by atoms with Crippen LogP contribution in [0, 0.1) is 6.92 Å². The molecule has 15 heavy (non-hydrogen) atoms. The summed E-state index contributed by atoms with van der Waals surface area (Å²) >= 11 is 0. The molecule has 0 unspecified atom stereocenters. The fourth-order valence-corrected chi connectivity index (χ4v) is 1.41. The van der Waals surface area contributed by atoms with E-state index in [9.17, 15) is 0 Å². The summed E-state index contributed by atoms with van der Waals surface area (Å²) in [6.07, 6.45) is 1.17. The molecule has 1 rings (SSSR count). The van der Waals surface area contributed by atoms with E-state index in [2.05, 4.69) is 36.3 Å². The molecule has 0 fully saturated rings. The average molecular weight is 207 g/mol. The van der Waals surface area contributed by atoms with E-state index >= 15 is 0 Å². The Bertz CT molecular complexity index is 308. The van der Waals surface area contributed by atoms with E-state index in [0.29, 0.717) is 0 Å². The first-order valence-corrected chi connectivity index (χ1v) is 5.49. The van der Waals surface area contributed by atoms with Crippen molar-refractivity contribution < 1.29 is 0 Å². The summed E-state index contributed by atoms with van der Waals surface area (Å²) in [5, 5.41) is 3.39. The molecule has 0 aliphatic rings. The highest BCUT2D eigenvalue weighted by atomic mass is 15.1. The van der Waals surface area contributed by atoms with Crippen molar-refractivity contribution in [2.75, 3.05) is 25.5 Å². The Balaban J connectivity index is 2.66. The van der Waals surface area contributed by atoms with Crippen LogP contribution >= 0.6 is 0 Å². The van der Waals surface area contributed by atoms with E-state index in [1.807, 2.05) is 19.0 Å². The second-order valence-electron chi connectivity index (χ2n) is 3.99. The van der Waals surface area contributed by atoms with Crippen molar-refractivity contribution in [3.8, 4) is 0 Å². The first-order chi connectivity index (χ1) is 7.15. The van der Waals surface area contributed by atoms with Crippen LogP contribution < -0.4 is 10.2 Å². The van der Waals surface area contributed by atoms with Crippen LogP contribution in [0.4, 0.5) is 5.82 Å². The minimum Gasteiger partial charge on any atom is -0.363 e. The van der Waals surface area contributed by atoms with Gasteiger partial charge in [0, 0.05) is 26.3 Å². The van der Waals surface area contributed by atoms with Crippen molar-refractivity contribution in [2.45, 2.75) is 26.8 Å². The molecule has 0 bridgehead atoms. The van der Waals surface area contributed by atoms with Crippen molar-refractivity contribution in [3.05, 3.63) is 23.4 Å². The summed E-state index contributed by atoms with van der Waals surface area (Å²) in [4.78, 5) is 6.56. The van der Waals surface area contributed by atoms with E-state index < -0.39 is 0 Å². The Kier molecular flexibility index (Phi) is 4.56. The van der Waals surface area contributed by atoms with Crippen LogP contribution in [0.2, 0.25) is 0 Å². The van der Waals surface area contributed by atoms with Gasteiger partial charge in [0.05, 0.1) is 0 Å². The predicted molar refractivity (Wildman–Crippen MR) is 65.3 cm³/mol. The van der Waals surface area contributed by atoms with Gasteiger partial charge in [-0.15, -0.1) is 0 Å². The number of pyridine rings is 1. The number of nitrogens with one attached hydrogen (secondary N) is 1. The van der Waals surface area contributed by atoms with E-state index in [1.54, 1.807) is 0 Å². The lowest BCUT2D eigenvalue weighted by molar-refractivity contribution is 0.671. The molecule has 3 nitrogen and oxygen atoms in total. The van der Waals surface area contributed by atoms with Gasteiger partial charge in [-0.3, -0.25) is 0 Å². The monoisotopic (exact) mass is 207 g/mol. The molecule has 0 spiro atoms. The summed E-state index contributed by atoms with van der Waals surface area (Å²) in [6, 6.07) is 4.22. The molecule has 1 N–H and O–H groups in total. The molecule has 1 heterocycles. The lowest BCUT2D eigenvalue weighted by atomic mass is 10.2. The fourth-order valence-electron chi connectivity index (χ4n) is 1.41. The average Bonchev–Trinajstić information content (AvgIpc) is 2.20. The molecule has 0 aliphatic carbocycles. The molecule has 0 aromatic carbocycles. The van der Waals surface area contributed by atoms with Gasteiger partial charge in [0.25, 0.3) is 0 Å².